The van der Waals surface area contributed by atoms with Gasteiger partial charge in [0.15, 0.2) is 5.76 Å². The Bertz CT molecular complexity index is 1200. The number of carbonyl (C=O) groups is 2. The molecular weight excluding hydrogens is 380 g/mol. The quantitative estimate of drug-likeness (QED) is 0.557. The lowest BCUT2D eigenvalue weighted by atomic mass is 10.0. The Balaban J connectivity index is 1.23. The van der Waals surface area contributed by atoms with E-state index in [-0.39, 0.29) is 24.3 Å². The van der Waals surface area contributed by atoms with Gasteiger partial charge in [-0.25, -0.2) is 0 Å². The number of likely N-dealkylation sites (tertiary alicyclic amines) is 1. The van der Waals surface area contributed by atoms with Crippen molar-refractivity contribution in [1.29, 1.82) is 0 Å². The number of carbonyl (C=O) groups excluding carboxylic acids is 2. The highest BCUT2D eigenvalue weighted by atomic mass is 16.3. The molecule has 0 atom stereocenters. The SMILES string of the molecule is O=C(Cc1coc2ccc3ccccc3c12)NC1CCN(C(=O)c2ccco2)CC1. The van der Waals surface area contributed by atoms with Crippen molar-refractivity contribution in [2.45, 2.75) is 25.3 Å². The number of hydrogen-bond acceptors (Lipinski definition) is 4. The fourth-order valence-corrected chi connectivity index (χ4v) is 4.24. The highest BCUT2D eigenvalue weighted by Gasteiger charge is 2.26. The number of piperidine rings is 1. The van der Waals surface area contributed by atoms with Crippen molar-refractivity contribution < 1.29 is 18.4 Å². The second kappa shape index (κ2) is 7.71. The predicted molar refractivity (Wildman–Crippen MR) is 113 cm³/mol. The second-order valence-corrected chi connectivity index (χ2v) is 7.71. The van der Waals surface area contributed by atoms with E-state index in [1.165, 1.54) is 6.26 Å². The average Bonchev–Trinajstić information content (AvgIpc) is 3.44. The van der Waals surface area contributed by atoms with Gasteiger partial charge in [-0.2, -0.15) is 0 Å². The molecule has 1 aliphatic heterocycles. The number of hydrogen-bond donors (Lipinski definition) is 1. The Labute approximate surface area is 173 Å². The van der Waals surface area contributed by atoms with Crippen LogP contribution in [0.3, 0.4) is 0 Å². The maximum atomic E-state index is 12.7. The van der Waals surface area contributed by atoms with Crippen LogP contribution in [0.5, 0.6) is 0 Å². The van der Waals surface area contributed by atoms with Crippen LogP contribution in [0.15, 0.2) is 69.9 Å². The molecule has 30 heavy (non-hydrogen) atoms. The van der Waals surface area contributed by atoms with Gasteiger partial charge in [0.25, 0.3) is 5.91 Å². The molecule has 6 nitrogen and oxygen atoms in total. The molecule has 0 unspecified atom stereocenters. The summed E-state index contributed by atoms with van der Waals surface area (Å²) in [6, 6.07) is 15.5. The largest absolute Gasteiger partial charge is 0.464 e. The Morgan fingerprint density at radius 1 is 1.00 bits per heavy atom. The van der Waals surface area contributed by atoms with Crippen LogP contribution in [0.25, 0.3) is 21.7 Å². The molecule has 0 radical (unpaired) electrons. The first kappa shape index (κ1) is 18.5. The first-order valence-corrected chi connectivity index (χ1v) is 10.2. The number of fused-ring (bicyclic) bond motifs is 3. The van der Waals surface area contributed by atoms with Crippen molar-refractivity contribution in [2.75, 3.05) is 13.1 Å². The highest BCUT2D eigenvalue weighted by Crippen LogP contribution is 2.30. The monoisotopic (exact) mass is 402 g/mol. The lowest BCUT2D eigenvalue weighted by molar-refractivity contribution is -0.121. The smallest absolute Gasteiger partial charge is 0.289 e. The normalized spacial score (nSPS) is 15.0. The van der Waals surface area contributed by atoms with E-state index in [9.17, 15) is 9.59 Å². The predicted octanol–water partition coefficient (Wildman–Crippen LogP) is 4.14. The molecule has 152 valence electrons. The molecule has 2 amide bonds. The summed E-state index contributed by atoms with van der Waals surface area (Å²) in [5.74, 6) is 0.236. The maximum Gasteiger partial charge on any atom is 0.289 e. The molecule has 1 aliphatic rings. The van der Waals surface area contributed by atoms with Gasteiger partial charge in [0.2, 0.25) is 5.91 Å². The topological polar surface area (TPSA) is 75.7 Å². The summed E-state index contributed by atoms with van der Waals surface area (Å²) in [7, 11) is 0. The van der Waals surface area contributed by atoms with Gasteiger partial charge >= 0.3 is 0 Å². The van der Waals surface area contributed by atoms with E-state index in [0.717, 1.165) is 40.1 Å². The number of rotatable bonds is 4. The Hall–Kier alpha value is -3.54. The molecule has 3 heterocycles. The molecule has 4 aromatic rings. The Morgan fingerprint density at radius 3 is 2.63 bits per heavy atom. The zero-order chi connectivity index (χ0) is 20.5. The summed E-state index contributed by atoms with van der Waals surface area (Å²) in [6.45, 7) is 1.20. The third-order valence-electron chi connectivity index (χ3n) is 5.77. The van der Waals surface area contributed by atoms with Gasteiger partial charge in [0.05, 0.1) is 18.9 Å². The molecule has 2 aromatic heterocycles. The van der Waals surface area contributed by atoms with Crippen molar-refractivity contribution in [2.24, 2.45) is 0 Å². The van der Waals surface area contributed by atoms with E-state index in [2.05, 4.69) is 17.4 Å². The number of nitrogens with one attached hydrogen (secondary N) is 1. The van der Waals surface area contributed by atoms with E-state index in [1.807, 2.05) is 24.3 Å². The minimum Gasteiger partial charge on any atom is -0.464 e. The third kappa shape index (κ3) is 3.45. The van der Waals surface area contributed by atoms with E-state index < -0.39 is 0 Å². The second-order valence-electron chi connectivity index (χ2n) is 7.71. The van der Waals surface area contributed by atoms with Gasteiger partial charge in [-0.05, 0) is 41.8 Å². The molecule has 0 saturated carbocycles. The van der Waals surface area contributed by atoms with Crippen molar-refractivity contribution in [3.8, 4) is 0 Å². The lowest BCUT2D eigenvalue weighted by Crippen LogP contribution is -2.46. The van der Waals surface area contributed by atoms with E-state index in [0.29, 0.717) is 18.8 Å². The molecule has 5 rings (SSSR count). The zero-order valence-corrected chi connectivity index (χ0v) is 16.5. The molecule has 2 aromatic carbocycles. The van der Waals surface area contributed by atoms with Crippen LogP contribution < -0.4 is 5.32 Å². The molecule has 1 N–H and O–H groups in total. The fourth-order valence-electron chi connectivity index (χ4n) is 4.24. The van der Waals surface area contributed by atoms with Gasteiger partial charge in [-0.15, -0.1) is 0 Å². The van der Waals surface area contributed by atoms with Crippen LogP contribution in [0.2, 0.25) is 0 Å². The van der Waals surface area contributed by atoms with Crippen LogP contribution in [0, 0.1) is 0 Å². The first-order chi connectivity index (χ1) is 14.7. The Kier molecular flexibility index (Phi) is 4.75. The van der Waals surface area contributed by atoms with E-state index >= 15 is 0 Å². The number of nitrogens with zero attached hydrogens (tertiary/aromatic N) is 1. The van der Waals surface area contributed by atoms with Crippen molar-refractivity contribution in [1.82, 2.24) is 10.2 Å². The van der Waals surface area contributed by atoms with Crippen LogP contribution >= 0.6 is 0 Å². The Morgan fingerprint density at radius 2 is 1.83 bits per heavy atom. The highest BCUT2D eigenvalue weighted by molar-refractivity contribution is 6.08. The van der Waals surface area contributed by atoms with Crippen LogP contribution in [-0.4, -0.2) is 35.8 Å². The molecule has 0 spiro atoms. The van der Waals surface area contributed by atoms with Crippen LogP contribution in [-0.2, 0) is 11.2 Å². The van der Waals surface area contributed by atoms with Crippen LogP contribution in [0.4, 0.5) is 0 Å². The van der Waals surface area contributed by atoms with Crippen LogP contribution in [0.1, 0.15) is 29.0 Å². The molecule has 1 fully saturated rings. The molecule has 0 aliphatic carbocycles. The van der Waals surface area contributed by atoms with E-state index in [1.54, 1.807) is 23.3 Å². The number of furan rings is 2. The van der Waals surface area contributed by atoms with Gasteiger partial charge < -0.3 is 19.1 Å². The van der Waals surface area contributed by atoms with E-state index in [4.69, 9.17) is 8.83 Å². The lowest BCUT2D eigenvalue weighted by Gasteiger charge is -2.31. The van der Waals surface area contributed by atoms with Gasteiger partial charge in [0.1, 0.15) is 5.58 Å². The average molecular weight is 402 g/mol. The van der Waals surface area contributed by atoms with Gasteiger partial charge in [-0.3, -0.25) is 9.59 Å². The van der Waals surface area contributed by atoms with Gasteiger partial charge in [-0.1, -0.05) is 30.3 Å². The zero-order valence-electron chi connectivity index (χ0n) is 16.5. The maximum absolute atomic E-state index is 12.7. The molecular formula is C24H22N2O4. The summed E-state index contributed by atoms with van der Waals surface area (Å²) in [5, 5.41) is 6.34. The summed E-state index contributed by atoms with van der Waals surface area (Å²) >= 11 is 0. The standard InChI is InChI=1S/C24H22N2O4/c27-22(25-18-9-11-26(12-10-18)24(28)21-6-3-13-29-21)14-17-15-30-20-8-7-16-4-1-2-5-19(16)23(17)20/h1-8,13,15,18H,9-12,14H2,(H,25,27). The summed E-state index contributed by atoms with van der Waals surface area (Å²) in [4.78, 5) is 26.9. The molecule has 0 bridgehead atoms. The van der Waals surface area contributed by atoms with Crippen molar-refractivity contribution >= 4 is 33.6 Å². The number of benzene rings is 2. The minimum atomic E-state index is -0.0958. The van der Waals surface area contributed by atoms with Crippen molar-refractivity contribution in [3.63, 3.8) is 0 Å². The summed E-state index contributed by atoms with van der Waals surface area (Å²) < 4.78 is 10.9. The summed E-state index contributed by atoms with van der Waals surface area (Å²) in [6.07, 6.45) is 4.91. The number of amides is 2. The first-order valence-electron chi connectivity index (χ1n) is 10.2. The minimum absolute atomic E-state index is 0.0264. The fraction of sp³-hybridized carbons (Fsp3) is 0.250. The summed E-state index contributed by atoms with van der Waals surface area (Å²) in [5.41, 5.74) is 1.69. The molecule has 1 saturated heterocycles. The molecule has 6 heteroatoms. The van der Waals surface area contributed by atoms with Gasteiger partial charge in [0, 0.05) is 30.1 Å². The van der Waals surface area contributed by atoms with Crippen molar-refractivity contribution in [3.05, 3.63) is 72.4 Å². The third-order valence-corrected chi connectivity index (χ3v) is 5.77.